The number of ether oxygens (including phenoxy) is 1. The van der Waals surface area contributed by atoms with Crippen molar-refractivity contribution in [2.75, 3.05) is 13.1 Å². The van der Waals surface area contributed by atoms with E-state index in [2.05, 4.69) is 10.1 Å². The number of hydrogen-bond acceptors (Lipinski definition) is 5. The van der Waals surface area contributed by atoms with Gasteiger partial charge in [0.25, 0.3) is 11.8 Å². The topological polar surface area (TPSA) is 68.5 Å². The van der Waals surface area contributed by atoms with Crippen LogP contribution in [0.25, 0.3) is 0 Å². The minimum atomic E-state index is -0.508. The fourth-order valence-corrected chi connectivity index (χ4v) is 3.23. The summed E-state index contributed by atoms with van der Waals surface area (Å²) in [5.74, 6) is 0.805. The molecule has 0 aliphatic carbocycles. The molecule has 0 spiro atoms. The Morgan fingerprint density at radius 1 is 1.25 bits per heavy atom. The molecule has 2 aromatic carbocycles. The van der Waals surface area contributed by atoms with E-state index in [1.54, 1.807) is 17.0 Å². The molecule has 1 atom stereocenters. The van der Waals surface area contributed by atoms with E-state index in [4.69, 9.17) is 9.26 Å². The summed E-state index contributed by atoms with van der Waals surface area (Å²) in [7, 11) is 0. The first-order valence-corrected chi connectivity index (χ1v) is 9.16. The van der Waals surface area contributed by atoms with Crippen molar-refractivity contribution in [1.82, 2.24) is 15.0 Å². The van der Waals surface area contributed by atoms with Gasteiger partial charge in [0.05, 0.1) is 5.56 Å². The molecule has 1 unspecified atom stereocenters. The largest absolute Gasteiger partial charge is 0.484 e. The van der Waals surface area contributed by atoms with Crippen LogP contribution in [-0.2, 0) is 6.61 Å². The van der Waals surface area contributed by atoms with E-state index in [0.717, 1.165) is 11.3 Å². The fourth-order valence-electron chi connectivity index (χ4n) is 3.23. The van der Waals surface area contributed by atoms with E-state index in [0.29, 0.717) is 31.2 Å². The zero-order valence-electron chi connectivity index (χ0n) is 15.5. The average molecular weight is 381 g/mol. The van der Waals surface area contributed by atoms with Gasteiger partial charge in [0, 0.05) is 19.0 Å². The van der Waals surface area contributed by atoms with Gasteiger partial charge in [-0.3, -0.25) is 4.79 Å². The van der Waals surface area contributed by atoms with Gasteiger partial charge in [0.15, 0.2) is 12.4 Å². The first-order chi connectivity index (χ1) is 13.6. The molecule has 1 aliphatic rings. The third-order valence-electron chi connectivity index (χ3n) is 4.81. The lowest BCUT2D eigenvalue weighted by molar-refractivity contribution is 0.0785. The molecule has 1 amide bonds. The summed E-state index contributed by atoms with van der Waals surface area (Å²) in [5.41, 5.74) is 1.24. The van der Waals surface area contributed by atoms with Crippen molar-refractivity contribution in [3.8, 4) is 5.75 Å². The van der Waals surface area contributed by atoms with E-state index in [9.17, 15) is 9.18 Å². The molecule has 0 radical (unpaired) electrons. The van der Waals surface area contributed by atoms with E-state index in [1.165, 1.54) is 12.1 Å². The van der Waals surface area contributed by atoms with Crippen LogP contribution in [0.4, 0.5) is 4.39 Å². The van der Waals surface area contributed by atoms with Crippen LogP contribution in [0.3, 0.4) is 0 Å². The molecule has 3 aromatic rings. The summed E-state index contributed by atoms with van der Waals surface area (Å²) in [4.78, 5) is 18.6. The number of likely N-dealkylation sites (tertiary alicyclic amines) is 1. The van der Waals surface area contributed by atoms with Gasteiger partial charge in [-0.2, -0.15) is 4.98 Å². The van der Waals surface area contributed by atoms with Gasteiger partial charge in [0.2, 0.25) is 0 Å². The van der Waals surface area contributed by atoms with Crippen LogP contribution in [0, 0.1) is 12.7 Å². The lowest BCUT2D eigenvalue weighted by Crippen LogP contribution is -2.29. The molecule has 28 heavy (non-hydrogen) atoms. The highest BCUT2D eigenvalue weighted by molar-refractivity contribution is 5.94. The predicted molar refractivity (Wildman–Crippen MR) is 99.5 cm³/mol. The highest BCUT2D eigenvalue weighted by Gasteiger charge is 2.31. The summed E-state index contributed by atoms with van der Waals surface area (Å²) in [6.45, 7) is 3.16. The molecule has 144 valence electrons. The lowest BCUT2D eigenvalue weighted by Gasteiger charge is -2.16. The maximum Gasteiger partial charge on any atom is 0.264 e. The fraction of sp³-hybridized carbons (Fsp3) is 0.286. The van der Waals surface area contributed by atoms with Crippen LogP contribution in [0.2, 0.25) is 0 Å². The molecule has 7 heteroatoms. The number of nitrogens with zero attached hydrogens (tertiary/aromatic N) is 3. The maximum atomic E-state index is 13.9. The van der Waals surface area contributed by atoms with Crippen molar-refractivity contribution >= 4 is 5.91 Å². The number of aryl methyl sites for hydroxylation is 1. The molecular formula is C21H20FN3O3. The van der Waals surface area contributed by atoms with E-state index >= 15 is 0 Å². The molecule has 0 saturated carbocycles. The van der Waals surface area contributed by atoms with Crippen molar-refractivity contribution in [3.05, 3.63) is 77.2 Å². The van der Waals surface area contributed by atoms with Crippen LogP contribution in [-0.4, -0.2) is 34.0 Å². The maximum absolute atomic E-state index is 13.9. The SMILES string of the molecule is Cc1ccc(OCc2nc(C3CCN(C(=O)c4ccccc4F)C3)no2)cc1. The minimum Gasteiger partial charge on any atom is -0.484 e. The van der Waals surface area contributed by atoms with Crippen LogP contribution >= 0.6 is 0 Å². The minimum absolute atomic E-state index is 0.0346. The van der Waals surface area contributed by atoms with Crippen LogP contribution in [0.1, 0.15) is 40.0 Å². The number of carbonyl (C=O) groups excluding carboxylic acids is 1. The average Bonchev–Trinajstić information content (AvgIpc) is 3.37. The van der Waals surface area contributed by atoms with Gasteiger partial charge < -0.3 is 14.2 Å². The lowest BCUT2D eigenvalue weighted by atomic mass is 10.1. The van der Waals surface area contributed by atoms with Crippen molar-refractivity contribution in [1.29, 1.82) is 0 Å². The first-order valence-electron chi connectivity index (χ1n) is 9.16. The van der Waals surface area contributed by atoms with Gasteiger partial charge in [-0.05, 0) is 37.6 Å². The molecule has 4 rings (SSSR count). The second-order valence-corrected chi connectivity index (χ2v) is 6.86. The van der Waals surface area contributed by atoms with Crippen LogP contribution in [0.15, 0.2) is 53.1 Å². The number of benzene rings is 2. The third kappa shape index (κ3) is 3.88. The highest BCUT2D eigenvalue weighted by Crippen LogP contribution is 2.27. The Bertz CT molecular complexity index is 971. The Morgan fingerprint density at radius 3 is 2.82 bits per heavy atom. The Balaban J connectivity index is 1.36. The molecule has 1 aliphatic heterocycles. The number of aromatic nitrogens is 2. The van der Waals surface area contributed by atoms with Gasteiger partial charge in [-0.1, -0.05) is 35.0 Å². The molecule has 0 N–H and O–H groups in total. The van der Waals surface area contributed by atoms with Gasteiger partial charge >= 0.3 is 0 Å². The van der Waals surface area contributed by atoms with Gasteiger partial charge in [0.1, 0.15) is 11.6 Å². The molecule has 0 bridgehead atoms. The zero-order valence-corrected chi connectivity index (χ0v) is 15.5. The zero-order chi connectivity index (χ0) is 19.5. The number of rotatable bonds is 5. The smallest absolute Gasteiger partial charge is 0.264 e. The predicted octanol–water partition coefficient (Wildman–Crippen LogP) is 3.73. The molecule has 1 fully saturated rings. The standard InChI is InChI=1S/C21H20FN3O3/c1-14-6-8-16(9-7-14)27-13-19-23-20(24-28-19)15-10-11-25(12-15)21(26)17-4-2-3-5-18(17)22/h2-9,15H,10-13H2,1H3. The van der Waals surface area contributed by atoms with E-state index in [1.807, 2.05) is 31.2 Å². The van der Waals surface area contributed by atoms with Gasteiger partial charge in [-0.25, -0.2) is 4.39 Å². The Labute approximate surface area is 161 Å². The van der Waals surface area contributed by atoms with Crippen molar-refractivity contribution in [2.24, 2.45) is 0 Å². The monoisotopic (exact) mass is 381 g/mol. The molecule has 1 aromatic heterocycles. The summed E-state index contributed by atoms with van der Waals surface area (Å²) in [6.07, 6.45) is 0.706. The van der Waals surface area contributed by atoms with Gasteiger partial charge in [-0.15, -0.1) is 0 Å². The molecule has 6 nitrogen and oxygen atoms in total. The number of carbonyl (C=O) groups is 1. The van der Waals surface area contributed by atoms with Crippen LogP contribution < -0.4 is 4.74 Å². The van der Waals surface area contributed by atoms with Crippen molar-refractivity contribution < 1.29 is 18.4 Å². The molecule has 2 heterocycles. The highest BCUT2D eigenvalue weighted by atomic mass is 19.1. The second kappa shape index (κ2) is 7.80. The Hall–Kier alpha value is -3.22. The molecular weight excluding hydrogens is 361 g/mol. The quantitative estimate of drug-likeness (QED) is 0.674. The van der Waals surface area contributed by atoms with E-state index in [-0.39, 0.29) is 24.0 Å². The van der Waals surface area contributed by atoms with Crippen LogP contribution in [0.5, 0.6) is 5.75 Å². The Kier molecular flexibility index (Phi) is 5.06. The summed E-state index contributed by atoms with van der Waals surface area (Å²) >= 11 is 0. The number of amides is 1. The first kappa shape index (κ1) is 18.2. The summed E-state index contributed by atoms with van der Waals surface area (Å²) in [5, 5.41) is 4.03. The Morgan fingerprint density at radius 2 is 2.04 bits per heavy atom. The normalized spacial score (nSPS) is 16.4. The van der Waals surface area contributed by atoms with Crippen molar-refractivity contribution in [3.63, 3.8) is 0 Å². The summed E-state index contributed by atoms with van der Waals surface area (Å²) < 4.78 is 24.8. The van der Waals surface area contributed by atoms with Crippen molar-refractivity contribution in [2.45, 2.75) is 25.9 Å². The number of hydrogen-bond donors (Lipinski definition) is 0. The molecule has 1 saturated heterocycles. The second-order valence-electron chi connectivity index (χ2n) is 6.86. The van der Waals surface area contributed by atoms with E-state index < -0.39 is 5.82 Å². The summed E-state index contributed by atoms with van der Waals surface area (Å²) in [6, 6.07) is 13.7. The third-order valence-corrected chi connectivity index (χ3v) is 4.81. The number of halogens is 1.